The Morgan fingerprint density at radius 3 is 2.57 bits per heavy atom. The van der Waals surface area contributed by atoms with Gasteiger partial charge in [-0.05, 0) is 33.6 Å². The average Bonchev–Trinajstić information content (AvgIpc) is 3.18. The first-order valence-corrected chi connectivity index (χ1v) is 8.36. The van der Waals surface area contributed by atoms with E-state index in [-0.39, 0.29) is 12.1 Å². The van der Waals surface area contributed by atoms with Crippen LogP contribution >= 0.6 is 11.6 Å². The van der Waals surface area contributed by atoms with Gasteiger partial charge in [0.1, 0.15) is 22.4 Å². The summed E-state index contributed by atoms with van der Waals surface area (Å²) in [5, 5.41) is 0.487. The molecule has 0 aromatic carbocycles. The molecule has 126 valence electrons. The number of amides is 1. The molecule has 1 amide bonds. The van der Waals surface area contributed by atoms with E-state index in [1.807, 2.05) is 20.8 Å². The average molecular weight is 339 g/mol. The number of likely N-dealkylation sites (N-methyl/N-ethyl adjacent to an activating group) is 1. The van der Waals surface area contributed by atoms with Crippen LogP contribution in [-0.2, 0) is 4.74 Å². The van der Waals surface area contributed by atoms with Gasteiger partial charge in [-0.2, -0.15) is 0 Å². The van der Waals surface area contributed by atoms with Gasteiger partial charge in [-0.25, -0.2) is 14.8 Å². The van der Waals surface area contributed by atoms with Crippen molar-refractivity contribution in [1.82, 2.24) is 14.9 Å². The minimum atomic E-state index is -0.478. The van der Waals surface area contributed by atoms with E-state index in [1.54, 1.807) is 18.0 Å². The summed E-state index contributed by atoms with van der Waals surface area (Å²) in [6.45, 7) is 7.07. The van der Waals surface area contributed by atoms with Gasteiger partial charge in [-0.1, -0.05) is 11.6 Å². The third-order valence-electron chi connectivity index (χ3n) is 4.06. The number of carbonyl (C=O) groups excluding carboxylic acids is 1. The first-order chi connectivity index (χ1) is 10.7. The number of nitrogens with zero attached hydrogens (tertiary/aromatic N) is 4. The highest BCUT2D eigenvalue weighted by Gasteiger charge is 2.36. The molecule has 2 aliphatic rings. The Hall–Kier alpha value is -1.56. The second-order valence-corrected chi connectivity index (χ2v) is 7.72. The quantitative estimate of drug-likeness (QED) is 0.793. The fraction of sp³-hybridized carbons (Fsp3) is 0.688. The Labute approximate surface area is 141 Å². The highest BCUT2D eigenvalue weighted by Crippen LogP contribution is 2.39. The fourth-order valence-electron chi connectivity index (χ4n) is 2.48. The lowest BCUT2D eigenvalue weighted by Crippen LogP contribution is -2.60. The summed E-state index contributed by atoms with van der Waals surface area (Å²) in [5.74, 6) is 2.16. The molecular formula is C16H23ClN4O2. The van der Waals surface area contributed by atoms with Crippen molar-refractivity contribution < 1.29 is 9.53 Å². The lowest BCUT2D eigenvalue weighted by atomic mass is 10.1. The summed E-state index contributed by atoms with van der Waals surface area (Å²) in [6.07, 6.45) is 2.00. The second-order valence-electron chi connectivity index (χ2n) is 7.33. The zero-order chi connectivity index (χ0) is 16.8. The van der Waals surface area contributed by atoms with Crippen molar-refractivity contribution >= 4 is 23.5 Å². The molecule has 1 aliphatic heterocycles. The van der Waals surface area contributed by atoms with E-state index in [9.17, 15) is 4.79 Å². The van der Waals surface area contributed by atoms with Gasteiger partial charge in [0.05, 0.1) is 6.04 Å². The lowest BCUT2D eigenvalue weighted by molar-refractivity contribution is 0.0196. The van der Waals surface area contributed by atoms with Crippen molar-refractivity contribution in [3.8, 4) is 0 Å². The molecule has 7 heteroatoms. The van der Waals surface area contributed by atoms with Crippen molar-refractivity contribution in [1.29, 1.82) is 0 Å². The Morgan fingerprint density at radius 1 is 1.35 bits per heavy atom. The number of carbonyl (C=O) groups is 1. The first kappa shape index (κ1) is 16.3. The molecule has 0 radical (unpaired) electrons. The van der Waals surface area contributed by atoms with Crippen molar-refractivity contribution in [2.24, 2.45) is 0 Å². The van der Waals surface area contributed by atoms with E-state index in [0.29, 0.717) is 11.1 Å². The highest BCUT2D eigenvalue weighted by molar-refractivity contribution is 6.29. The third kappa shape index (κ3) is 3.86. The maximum atomic E-state index is 12.1. The Balaban J connectivity index is 1.59. The number of hydrogen-bond acceptors (Lipinski definition) is 5. The second kappa shape index (κ2) is 5.82. The molecule has 1 saturated heterocycles. The summed E-state index contributed by atoms with van der Waals surface area (Å²) in [6, 6.07) is 1.92. The zero-order valence-corrected chi connectivity index (χ0v) is 14.8. The molecule has 0 N–H and O–H groups in total. The SMILES string of the molecule is CN(C(=O)OC(C)(C)C)C1CN(c2cc(Cl)nc(C3CC3)n2)C1. The predicted octanol–water partition coefficient (Wildman–Crippen LogP) is 3.06. The standard InChI is InChI=1S/C16H23ClN4O2/c1-16(2,3)23-15(22)20(4)11-8-21(9-11)13-7-12(17)18-14(19-13)10-5-6-10/h7,10-11H,5-6,8-9H2,1-4H3. The van der Waals surface area contributed by atoms with Crippen molar-refractivity contribution in [2.45, 2.75) is 51.2 Å². The lowest BCUT2D eigenvalue weighted by Gasteiger charge is -2.44. The minimum absolute atomic E-state index is 0.128. The van der Waals surface area contributed by atoms with Gasteiger partial charge >= 0.3 is 6.09 Å². The summed E-state index contributed by atoms with van der Waals surface area (Å²) >= 11 is 6.11. The first-order valence-electron chi connectivity index (χ1n) is 7.98. The summed E-state index contributed by atoms with van der Waals surface area (Å²) < 4.78 is 5.40. The molecule has 23 heavy (non-hydrogen) atoms. The Morgan fingerprint density at radius 2 is 2.00 bits per heavy atom. The summed E-state index contributed by atoms with van der Waals surface area (Å²) in [5.41, 5.74) is -0.478. The maximum absolute atomic E-state index is 12.1. The van der Waals surface area contributed by atoms with Gasteiger partial charge in [0, 0.05) is 32.1 Å². The topological polar surface area (TPSA) is 58.6 Å². The van der Waals surface area contributed by atoms with Gasteiger partial charge in [-0.15, -0.1) is 0 Å². The van der Waals surface area contributed by atoms with Gasteiger partial charge < -0.3 is 14.5 Å². The monoisotopic (exact) mass is 338 g/mol. The number of ether oxygens (including phenoxy) is 1. The minimum Gasteiger partial charge on any atom is -0.444 e. The number of rotatable bonds is 3. The number of anilines is 1. The van der Waals surface area contributed by atoms with Crippen LogP contribution in [0.2, 0.25) is 5.15 Å². The molecule has 0 bridgehead atoms. The number of hydrogen-bond donors (Lipinski definition) is 0. The van der Waals surface area contributed by atoms with Crippen molar-refractivity contribution in [2.75, 3.05) is 25.0 Å². The Kier molecular flexibility index (Phi) is 4.12. The molecular weight excluding hydrogens is 316 g/mol. The third-order valence-corrected chi connectivity index (χ3v) is 4.25. The largest absolute Gasteiger partial charge is 0.444 e. The van der Waals surface area contributed by atoms with Crippen LogP contribution in [0.15, 0.2) is 6.07 Å². The highest BCUT2D eigenvalue weighted by atomic mass is 35.5. The van der Waals surface area contributed by atoms with E-state index in [2.05, 4.69) is 14.9 Å². The molecule has 0 unspecified atom stereocenters. The van der Waals surface area contributed by atoms with Crippen LogP contribution in [0.5, 0.6) is 0 Å². The number of halogens is 1. The predicted molar refractivity (Wildman–Crippen MR) is 89.0 cm³/mol. The van der Waals surface area contributed by atoms with Crippen LogP contribution in [0.1, 0.15) is 45.4 Å². The van der Waals surface area contributed by atoms with Crippen LogP contribution in [0, 0.1) is 0 Å². The maximum Gasteiger partial charge on any atom is 0.410 e. The van der Waals surface area contributed by atoms with E-state index in [0.717, 1.165) is 37.6 Å². The molecule has 0 spiro atoms. The van der Waals surface area contributed by atoms with E-state index < -0.39 is 5.60 Å². The summed E-state index contributed by atoms with van der Waals surface area (Å²) in [7, 11) is 1.78. The van der Waals surface area contributed by atoms with E-state index >= 15 is 0 Å². The molecule has 0 atom stereocenters. The van der Waals surface area contributed by atoms with Crippen LogP contribution in [0.25, 0.3) is 0 Å². The molecule has 1 aromatic rings. The van der Waals surface area contributed by atoms with Crippen LogP contribution in [0.3, 0.4) is 0 Å². The molecule has 1 saturated carbocycles. The molecule has 1 aliphatic carbocycles. The van der Waals surface area contributed by atoms with Gasteiger partial charge in [0.2, 0.25) is 0 Å². The van der Waals surface area contributed by atoms with E-state index in [1.165, 1.54) is 0 Å². The van der Waals surface area contributed by atoms with Gasteiger partial charge in [-0.3, -0.25) is 0 Å². The Bertz CT molecular complexity index is 607. The summed E-state index contributed by atoms with van der Waals surface area (Å²) in [4.78, 5) is 24.8. The molecule has 2 heterocycles. The number of aromatic nitrogens is 2. The van der Waals surface area contributed by atoms with Gasteiger partial charge in [0.15, 0.2) is 0 Å². The van der Waals surface area contributed by atoms with Crippen LogP contribution < -0.4 is 4.90 Å². The molecule has 3 rings (SSSR count). The van der Waals surface area contributed by atoms with Crippen molar-refractivity contribution in [3.63, 3.8) is 0 Å². The van der Waals surface area contributed by atoms with Gasteiger partial charge in [0.25, 0.3) is 0 Å². The smallest absolute Gasteiger partial charge is 0.410 e. The van der Waals surface area contributed by atoms with Crippen LogP contribution in [0.4, 0.5) is 10.6 Å². The normalized spacial score (nSPS) is 18.6. The van der Waals surface area contributed by atoms with Crippen molar-refractivity contribution in [3.05, 3.63) is 17.0 Å². The zero-order valence-electron chi connectivity index (χ0n) is 14.0. The molecule has 1 aromatic heterocycles. The van der Waals surface area contributed by atoms with E-state index in [4.69, 9.17) is 16.3 Å². The molecule has 6 nitrogen and oxygen atoms in total. The molecule has 2 fully saturated rings. The van der Waals surface area contributed by atoms with Crippen LogP contribution in [-0.4, -0.2) is 52.7 Å². The fourth-order valence-corrected chi connectivity index (χ4v) is 2.66.